The van der Waals surface area contributed by atoms with Crippen molar-refractivity contribution in [1.82, 2.24) is 13.9 Å². The van der Waals surface area contributed by atoms with Crippen LogP contribution in [0, 0.1) is 0 Å². The average Bonchev–Trinajstić information content (AvgIpc) is 2.74. The van der Waals surface area contributed by atoms with Gasteiger partial charge in [-0.1, -0.05) is 13.8 Å². The summed E-state index contributed by atoms with van der Waals surface area (Å²) >= 11 is 0. The number of rotatable bonds is 7. The summed E-state index contributed by atoms with van der Waals surface area (Å²) in [6.45, 7) is 5.93. The molecular weight excluding hydrogens is 254 g/mol. The Morgan fingerprint density at radius 3 is 2.17 bits per heavy atom. The molecule has 7 heteroatoms. The minimum atomic E-state index is -3.48. The van der Waals surface area contributed by atoms with Crippen LogP contribution in [0.3, 0.4) is 0 Å². The Morgan fingerprint density at radius 1 is 1.22 bits per heavy atom. The number of hydrogen-bond donors (Lipinski definition) is 2. The van der Waals surface area contributed by atoms with Crippen LogP contribution in [0.15, 0.2) is 0 Å². The first-order valence-corrected chi connectivity index (χ1v) is 7.96. The van der Waals surface area contributed by atoms with Gasteiger partial charge in [-0.2, -0.15) is 17.0 Å². The molecule has 1 aliphatic rings. The maximum atomic E-state index is 12.5. The fourth-order valence-electron chi connectivity index (χ4n) is 2.22. The molecule has 1 fully saturated rings. The quantitative estimate of drug-likeness (QED) is 0.666. The largest absolute Gasteiger partial charge is 0.390 e. The summed E-state index contributed by atoms with van der Waals surface area (Å²) in [5.74, 6) is 0. The number of nitrogens with one attached hydrogen (secondary N) is 1. The highest BCUT2D eigenvalue weighted by Gasteiger charge is 2.37. The van der Waals surface area contributed by atoms with Crippen LogP contribution in [0.2, 0.25) is 0 Å². The van der Waals surface area contributed by atoms with E-state index in [9.17, 15) is 13.5 Å². The third-order valence-electron chi connectivity index (χ3n) is 3.25. The minimum Gasteiger partial charge on any atom is -0.390 e. The standard InChI is InChI=1S/C11H25N3O3S/c1-4-6-14(7-5-2)18(16,17)13(3)10-8-12-9-11(10)15/h10-12,15H,4-9H2,1-3H3/t10-,11-/m0/s1. The van der Waals surface area contributed by atoms with E-state index in [1.54, 1.807) is 7.05 Å². The average molecular weight is 279 g/mol. The molecule has 0 aromatic carbocycles. The van der Waals surface area contributed by atoms with E-state index in [1.165, 1.54) is 8.61 Å². The molecule has 1 rings (SSSR count). The molecule has 6 nitrogen and oxygen atoms in total. The SMILES string of the molecule is CCCN(CCC)S(=O)(=O)N(C)[C@H]1CNC[C@@H]1O. The van der Waals surface area contributed by atoms with Crippen LogP contribution in [-0.4, -0.2) is 67.5 Å². The molecule has 0 aromatic heterocycles. The highest BCUT2D eigenvalue weighted by molar-refractivity contribution is 7.86. The van der Waals surface area contributed by atoms with Crippen LogP contribution >= 0.6 is 0 Å². The Hall–Kier alpha value is -0.210. The molecular formula is C11H25N3O3S. The summed E-state index contributed by atoms with van der Waals surface area (Å²) in [6, 6.07) is -0.369. The van der Waals surface area contributed by atoms with Crippen molar-refractivity contribution in [2.75, 3.05) is 33.2 Å². The van der Waals surface area contributed by atoms with Gasteiger partial charge in [0.15, 0.2) is 0 Å². The first-order chi connectivity index (χ1) is 8.45. The molecule has 2 atom stereocenters. The van der Waals surface area contributed by atoms with Crippen molar-refractivity contribution < 1.29 is 13.5 Å². The summed E-state index contributed by atoms with van der Waals surface area (Å²) in [6.07, 6.45) is 0.951. The zero-order valence-electron chi connectivity index (χ0n) is 11.5. The third kappa shape index (κ3) is 3.42. The zero-order chi connectivity index (χ0) is 13.8. The number of aliphatic hydroxyl groups is 1. The van der Waals surface area contributed by atoms with Crippen LogP contribution in [-0.2, 0) is 10.2 Å². The molecule has 1 heterocycles. The zero-order valence-corrected chi connectivity index (χ0v) is 12.3. The number of likely N-dealkylation sites (N-methyl/N-ethyl adjacent to an activating group) is 1. The maximum absolute atomic E-state index is 12.5. The van der Waals surface area contributed by atoms with Crippen molar-refractivity contribution >= 4 is 10.2 Å². The van der Waals surface area contributed by atoms with Gasteiger partial charge < -0.3 is 10.4 Å². The van der Waals surface area contributed by atoms with Gasteiger partial charge in [-0.15, -0.1) is 0 Å². The number of nitrogens with zero attached hydrogens (tertiary/aromatic N) is 2. The predicted octanol–water partition coefficient (Wildman–Crippen LogP) is -0.382. The topological polar surface area (TPSA) is 72.9 Å². The highest BCUT2D eigenvalue weighted by Crippen LogP contribution is 2.16. The van der Waals surface area contributed by atoms with Crippen molar-refractivity contribution in [3.05, 3.63) is 0 Å². The lowest BCUT2D eigenvalue weighted by Crippen LogP contribution is -2.50. The molecule has 0 spiro atoms. The molecule has 1 aliphatic heterocycles. The smallest absolute Gasteiger partial charge is 0.282 e. The number of aliphatic hydroxyl groups excluding tert-OH is 1. The molecule has 1 saturated heterocycles. The van der Waals surface area contributed by atoms with E-state index in [4.69, 9.17) is 0 Å². The molecule has 0 aliphatic carbocycles. The Kier molecular flexibility index (Phi) is 6.00. The van der Waals surface area contributed by atoms with Crippen molar-refractivity contribution in [1.29, 1.82) is 0 Å². The van der Waals surface area contributed by atoms with Crippen molar-refractivity contribution in [3.63, 3.8) is 0 Å². The first-order valence-electron chi connectivity index (χ1n) is 6.57. The highest BCUT2D eigenvalue weighted by atomic mass is 32.2. The van der Waals surface area contributed by atoms with Gasteiger partial charge in [-0.3, -0.25) is 0 Å². The molecule has 2 N–H and O–H groups in total. The summed E-state index contributed by atoms with van der Waals surface area (Å²) < 4.78 is 27.7. The maximum Gasteiger partial charge on any atom is 0.282 e. The van der Waals surface area contributed by atoms with Crippen LogP contribution in [0.5, 0.6) is 0 Å². The molecule has 0 saturated carbocycles. The van der Waals surface area contributed by atoms with E-state index < -0.39 is 16.3 Å². The molecule has 0 amide bonds. The fraction of sp³-hybridized carbons (Fsp3) is 1.00. The lowest BCUT2D eigenvalue weighted by atomic mass is 10.2. The fourth-order valence-corrected chi connectivity index (χ4v) is 3.96. The molecule has 0 unspecified atom stereocenters. The Bertz CT molecular complexity index is 341. The van der Waals surface area contributed by atoms with Crippen molar-refractivity contribution in [2.24, 2.45) is 0 Å². The molecule has 0 radical (unpaired) electrons. The molecule has 0 bridgehead atoms. The summed E-state index contributed by atoms with van der Waals surface area (Å²) in [4.78, 5) is 0. The molecule has 0 aromatic rings. The van der Waals surface area contributed by atoms with Gasteiger partial charge in [0.05, 0.1) is 12.1 Å². The normalized spacial score (nSPS) is 25.2. The van der Waals surface area contributed by atoms with Gasteiger partial charge in [-0.05, 0) is 12.8 Å². The molecule has 108 valence electrons. The van der Waals surface area contributed by atoms with Gasteiger partial charge in [0, 0.05) is 33.2 Å². The van der Waals surface area contributed by atoms with Gasteiger partial charge in [-0.25, -0.2) is 0 Å². The first kappa shape index (κ1) is 15.8. The van der Waals surface area contributed by atoms with E-state index in [0.29, 0.717) is 26.2 Å². The van der Waals surface area contributed by atoms with Crippen molar-refractivity contribution in [2.45, 2.75) is 38.8 Å². The third-order valence-corrected chi connectivity index (χ3v) is 5.27. The second-order valence-corrected chi connectivity index (χ2v) is 6.70. The van der Waals surface area contributed by atoms with E-state index in [2.05, 4.69) is 5.32 Å². The lowest BCUT2D eigenvalue weighted by molar-refractivity contribution is 0.133. The van der Waals surface area contributed by atoms with Crippen LogP contribution in [0.25, 0.3) is 0 Å². The monoisotopic (exact) mass is 279 g/mol. The minimum absolute atomic E-state index is 0.369. The van der Waals surface area contributed by atoms with E-state index in [0.717, 1.165) is 12.8 Å². The van der Waals surface area contributed by atoms with E-state index in [1.807, 2.05) is 13.8 Å². The second kappa shape index (κ2) is 6.81. The van der Waals surface area contributed by atoms with Crippen LogP contribution in [0.1, 0.15) is 26.7 Å². The van der Waals surface area contributed by atoms with Crippen molar-refractivity contribution in [3.8, 4) is 0 Å². The number of β-amino-alcohol motifs (C(OH)–C–C–N with tert-alkyl or cyclic N) is 1. The molecule has 18 heavy (non-hydrogen) atoms. The van der Waals surface area contributed by atoms with Crippen LogP contribution < -0.4 is 5.32 Å². The van der Waals surface area contributed by atoms with Crippen LogP contribution in [0.4, 0.5) is 0 Å². The number of hydrogen-bond acceptors (Lipinski definition) is 4. The second-order valence-electron chi connectivity index (χ2n) is 4.72. The Morgan fingerprint density at radius 2 is 1.78 bits per heavy atom. The van der Waals surface area contributed by atoms with Gasteiger partial charge in [0.2, 0.25) is 0 Å². The van der Waals surface area contributed by atoms with E-state index in [-0.39, 0.29) is 6.04 Å². The lowest BCUT2D eigenvalue weighted by Gasteiger charge is -2.31. The predicted molar refractivity (Wildman–Crippen MR) is 71.5 cm³/mol. The van der Waals surface area contributed by atoms with Gasteiger partial charge in [0.25, 0.3) is 10.2 Å². The Labute approximate surface area is 110 Å². The Balaban J connectivity index is 2.82. The summed E-state index contributed by atoms with van der Waals surface area (Å²) in [7, 11) is -1.92. The van der Waals surface area contributed by atoms with E-state index >= 15 is 0 Å². The summed E-state index contributed by atoms with van der Waals surface area (Å²) in [5, 5.41) is 12.8. The van der Waals surface area contributed by atoms with Gasteiger partial charge >= 0.3 is 0 Å². The van der Waals surface area contributed by atoms with Gasteiger partial charge in [0.1, 0.15) is 0 Å². The summed E-state index contributed by atoms with van der Waals surface area (Å²) in [5.41, 5.74) is 0.